The van der Waals surface area contributed by atoms with Gasteiger partial charge in [-0.1, -0.05) is 17.7 Å². The van der Waals surface area contributed by atoms with E-state index in [1.54, 1.807) is 0 Å². The standard InChI is InChI=1S/C21H32ClN3O2/c1-16-18(6-3-7-19(16)22)21(27)25-9-8-20(17(15-25)5-4-14-26)24-12-10-23(2)11-13-24/h3,6-7,17,20,26H,4-5,8-15H2,1-2H3/t17-,20+/m1/s1. The monoisotopic (exact) mass is 393 g/mol. The average molecular weight is 394 g/mol. The number of aliphatic hydroxyl groups is 1. The first-order valence-corrected chi connectivity index (χ1v) is 10.5. The number of carbonyl (C=O) groups is 1. The topological polar surface area (TPSA) is 47.0 Å². The number of piperazine rings is 1. The normalized spacial score (nSPS) is 25.0. The second-order valence-electron chi connectivity index (χ2n) is 7.98. The minimum absolute atomic E-state index is 0.0841. The molecule has 0 radical (unpaired) electrons. The van der Waals surface area contributed by atoms with E-state index in [4.69, 9.17) is 11.6 Å². The van der Waals surface area contributed by atoms with Crippen molar-refractivity contribution in [2.24, 2.45) is 5.92 Å². The molecule has 6 heteroatoms. The number of amides is 1. The van der Waals surface area contributed by atoms with E-state index in [1.807, 2.05) is 30.0 Å². The van der Waals surface area contributed by atoms with Crippen LogP contribution in [0.2, 0.25) is 5.02 Å². The molecule has 2 aliphatic heterocycles. The van der Waals surface area contributed by atoms with E-state index in [-0.39, 0.29) is 12.5 Å². The van der Waals surface area contributed by atoms with Crippen LogP contribution in [0.1, 0.15) is 35.2 Å². The number of hydrogen-bond acceptors (Lipinski definition) is 4. The van der Waals surface area contributed by atoms with Gasteiger partial charge in [0.05, 0.1) is 0 Å². The Kier molecular flexibility index (Phi) is 7.15. The molecular weight excluding hydrogens is 362 g/mol. The van der Waals surface area contributed by atoms with Crippen LogP contribution < -0.4 is 0 Å². The zero-order valence-corrected chi connectivity index (χ0v) is 17.3. The Labute approximate surface area is 167 Å². The summed E-state index contributed by atoms with van der Waals surface area (Å²) in [5, 5.41) is 9.98. The Morgan fingerprint density at radius 2 is 1.96 bits per heavy atom. The maximum Gasteiger partial charge on any atom is 0.254 e. The summed E-state index contributed by atoms with van der Waals surface area (Å²) in [5.41, 5.74) is 1.57. The van der Waals surface area contributed by atoms with Gasteiger partial charge in [-0.25, -0.2) is 0 Å². The molecule has 1 aromatic carbocycles. The van der Waals surface area contributed by atoms with Crippen LogP contribution in [-0.2, 0) is 0 Å². The number of hydrogen-bond donors (Lipinski definition) is 1. The summed E-state index contributed by atoms with van der Waals surface area (Å²) < 4.78 is 0. The lowest BCUT2D eigenvalue weighted by Gasteiger charge is -2.46. The number of likely N-dealkylation sites (tertiary alicyclic amines) is 1. The van der Waals surface area contributed by atoms with Gasteiger partial charge in [-0.05, 0) is 56.8 Å². The Morgan fingerprint density at radius 3 is 2.67 bits per heavy atom. The molecule has 0 aliphatic carbocycles. The predicted molar refractivity (Wildman–Crippen MR) is 109 cm³/mol. The smallest absolute Gasteiger partial charge is 0.254 e. The molecule has 0 spiro atoms. The molecule has 3 rings (SSSR count). The van der Waals surface area contributed by atoms with E-state index in [0.717, 1.165) is 64.1 Å². The van der Waals surface area contributed by atoms with Crippen LogP contribution >= 0.6 is 11.6 Å². The molecule has 1 N–H and O–H groups in total. The van der Waals surface area contributed by atoms with Gasteiger partial charge in [0.25, 0.3) is 5.91 Å². The first-order valence-electron chi connectivity index (χ1n) is 10.1. The Balaban J connectivity index is 1.71. The molecule has 2 fully saturated rings. The van der Waals surface area contributed by atoms with Crippen LogP contribution in [0, 0.1) is 12.8 Å². The molecule has 5 nitrogen and oxygen atoms in total. The van der Waals surface area contributed by atoms with Gasteiger partial charge >= 0.3 is 0 Å². The summed E-state index contributed by atoms with van der Waals surface area (Å²) >= 11 is 6.22. The van der Waals surface area contributed by atoms with Crippen LogP contribution in [0.25, 0.3) is 0 Å². The third-order valence-electron chi connectivity index (χ3n) is 6.22. The molecule has 2 saturated heterocycles. The number of aliphatic hydroxyl groups excluding tert-OH is 1. The van der Waals surface area contributed by atoms with Gasteiger partial charge in [0.2, 0.25) is 0 Å². The number of halogens is 1. The summed E-state index contributed by atoms with van der Waals surface area (Å²) in [6.07, 6.45) is 2.77. The summed E-state index contributed by atoms with van der Waals surface area (Å²) in [4.78, 5) is 20.1. The number of likely N-dealkylation sites (N-methyl/N-ethyl adjacent to an activating group) is 1. The van der Waals surface area contributed by atoms with Gasteiger partial charge in [-0.2, -0.15) is 0 Å². The fourth-order valence-corrected chi connectivity index (χ4v) is 4.66. The molecule has 150 valence electrons. The average Bonchev–Trinajstić information content (AvgIpc) is 2.68. The van der Waals surface area contributed by atoms with E-state index in [0.29, 0.717) is 22.5 Å². The van der Waals surface area contributed by atoms with Gasteiger partial charge in [-0.15, -0.1) is 0 Å². The van der Waals surface area contributed by atoms with Crippen LogP contribution in [0.15, 0.2) is 18.2 Å². The molecule has 2 aliphatic rings. The van der Waals surface area contributed by atoms with Crippen LogP contribution in [0.3, 0.4) is 0 Å². The molecule has 0 aromatic heterocycles. The fourth-order valence-electron chi connectivity index (χ4n) is 4.49. The highest BCUT2D eigenvalue weighted by Gasteiger charge is 2.36. The molecule has 0 unspecified atom stereocenters. The van der Waals surface area contributed by atoms with E-state index >= 15 is 0 Å². The Morgan fingerprint density at radius 1 is 1.22 bits per heavy atom. The highest BCUT2D eigenvalue weighted by atomic mass is 35.5. The largest absolute Gasteiger partial charge is 0.396 e. The van der Waals surface area contributed by atoms with Crippen molar-refractivity contribution >= 4 is 17.5 Å². The highest BCUT2D eigenvalue weighted by Crippen LogP contribution is 2.29. The summed E-state index contributed by atoms with van der Waals surface area (Å²) in [7, 11) is 2.18. The van der Waals surface area contributed by atoms with Crippen molar-refractivity contribution in [3.8, 4) is 0 Å². The second kappa shape index (κ2) is 9.37. The zero-order chi connectivity index (χ0) is 19.4. The minimum atomic E-state index is 0.0841. The predicted octanol–water partition coefficient (Wildman–Crippen LogP) is 2.50. The van der Waals surface area contributed by atoms with Crippen LogP contribution in [0.5, 0.6) is 0 Å². The first kappa shape index (κ1) is 20.6. The van der Waals surface area contributed by atoms with E-state index in [2.05, 4.69) is 16.8 Å². The van der Waals surface area contributed by atoms with Gasteiger partial charge in [-0.3, -0.25) is 9.69 Å². The molecule has 0 bridgehead atoms. The fraction of sp³-hybridized carbons (Fsp3) is 0.667. The van der Waals surface area contributed by atoms with Crippen molar-refractivity contribution in [2.45, 2.75) is 32.2 Å². The maximum atomic E-state index is 13.1. The SMILES string of the molecule is Cc1c(Cl)cccc1C(=O)N1CC[C@H](N2CCN(C)CC2)[C@H](CCCO)C1. The second-order valence-corrected chi connectivity index (χ2v) is 8.39. The van der Waals surface area contributed by atoms with Crippen molar-refractivity contribution in [3.63, 3.8) is 0 Å². The highest BCUT2D eigenvalue weighted by molar-refractivity contribution is 6.31. The molecule has 2 heterocycles. The molecule has 1 amide bonds. The Bertz CT molecular complexity index is 646. The lowest BCUT2D eigenvalue weighted by Crippen LogP contribution is -2.57. The van der Waals surface area contributed by atoms with Crippen molar-refractivity contribution in [2.75, 3.05) is 52.9 Å². The number of rotatable bonds is 5. The number of carbonyl (C=O) groups excluding carboxylic acids is 1. The lowest BCUT2D eigenvalue weighted by molar-refractivity contribution is 0.0217. The molecule has 1 aromatic rings. The van der Waals surface area contributed by atoms with Gasteiger partial charge in [0, 0.05) is 62.5 Å². The summed E-state index contributed by atoms with van der Waals surface area (Å²) in [6, 6.07) is 6.06. The summed E-state index contributed by atoms with van der Waals surface area (Å²) in [5.74, 6) is 0.499. The summed E-state index contributed by atoms with van der Waals surface area (Å²) in [6.45, 7) is 8.08. The van der Waals surface area contributed by atoms with Gasteiger partial charge < -0.3 is 14.9 Å². The van der Waals surface area contributed by atoms with Crippen molar-refractivity contribution in [1.82, 2.24) is 14.7 Å². The number of benzene rings is 1. The maximum absolute atomic E-state index is 13.1. The zero-order valence-electron chi connectivity index (χ0n) is 16.5. The number of piperidine rings is 1. The van der Waals surface area contributed by atoms with Crippen molar-refractivity contribution in [3.05, 3.63) is 34.3 Å². The first-order chi connectivity index (χ1) is 13.0. The van der Waals surface area contributed by atoms with E-state index < -0.39 is 0 Å². The Hall–Kier alpha value is -1.14. The van der Waals surface area contributed by atoms with Crippen molar-refractivity contribution in [1.29, 1.82) is 0 Å². The third-order valence-corrected chi connectivity index (χ3v) is 6.63. The molecule has 0 saturated carbocycles. The number of nitrogens with zero attached hydrogens (tertiary/aromatic N) is 3. The molecule has 27 heavy (non-hydrogen) atoms. The van der Waals surface area contributed by atoms with Gasteiger partial charge in [0.15, 0.2) is 0 Å². The van der Waals surface area contributed by atoms with Crippen molar-refractivity contribution < 1.29 is 9.90 Å². The molecular formula is C21H32ClN3O2. The van der Waals surface area contributed by atoms with E-state index in [1.165, 1.54) is 0 Å². The lowest BCUT2D eigenvalue weighted by atomic mass is 9.86. The van der Waals surface area contributed by atoms with Crippen LogP contribution in [0.4, 0.5) is 0 Å². The van der Waals surface area contributed by atoms with Crippen LogP contribution in [-0.4, -0.2) is 84.7 Å². The minimum Gasteiger partial charge on any atom is -0.396 e. The molecule has 2 atom stereocenters. The quantitative estimate of drug-likeness (QED) is 0.834. The third kappa shape index (κ3) is 4.83. The van der Waals surface area contributed by atoms with Gasteiger partial charge in [0.1, 0.15) is 0 Å². The van der Waals surface area contributed by atoms with E-state index in [9.17, 15) is 9.90 Å².